The van der Waals surface area contributed by atoms with Gasteiger partial charge in [-0.3, -0.25) is 4.79 Å². The molecule has 2 aromatic heterocycles. The highest BCUT2D eigenvalue weighted by molar-refractivity contribution is 5.94. The minimum absolute atomic E-state index is 0.188. The van der Waals surface area contributed by atoms with Gasteiger partial charge in [-0.2, -0.15) is 0 Å². The molecule has 0 aliphatic rings. The molecule has 0 aliphatic heterocycles. The Kier molecular flexibility index (Phi) is 2.42. The van der Waals surface area contributed by atoms with Crippen LogP contribution in [0, 0.1) is 0 Å². The standard InChI is InChI=1S/C13H10N4O2/c14-9-2-1-8-10(18)3-11(19-13(8)12(9)15)7-4-16-6-17-5-7/h1-6H,14-15H2. The van der Waals surface area contributed by atoms with Crippen molar-refractivity contribution in [2.45, 2.75) is 0 Å². The molecule has 4 N–H and O–H groups in total. The van der Waals surface area contributed by atoms with Crippen LogP contribution in [0.2, 0.25) is 0 Å². The van der Waals surface area contributed by atoms with Gasteiger partial charge in [-0.15, -0.1) is 0 Å². The SMILES string of the molecule is Nc1ccc2c(=O)cc(-c3cncnc3)oc2c1N. The Hall–Kier alpha value is -2.89. The first-order valence-corrected chi connectivity index (χ1v) is 5.54. The summed E-state index contributed by atoms with van der Waals surface area (Å²) in [6, 6.07) is 4.56. The summed E-state index contributed by atoms with van der Waals surface area (Å²) in [5.41, 5.74) is 12.9. The van der Waals surface area contributed by atoms with Gasteiger partial charge in [0.2, 0.25) is 0 Å². The van der Waals surface area contributed by atoms with E-state index < -0.39 is 0 Å². The first-order valence-electron chi connectivity index (χ1n) is 5.54. The first kappa shape index (κ1) is 11.2. The van der Waals surface area contributed by atoms with Crippen LogP contribution in [0.5, 0.6) is 0 Å². The van der Waals surface area contributed by atoms with E-state index in [9.17, 15) is 4.79 Å². The van der Waals surface area contributed by atoms with Crippen LogP contribution < -0.4 is 16.9 Å². The number of nitrogens with zero attached hydrogens (tertiary/aromatic N) is 2. The second-order valence-corrected chi connectivity index (χ2v) is 4.05. The summed E-state index contributed by atoms with van der Waals surface area (Å²) in [5.74, 6) is 0.357. The highest BCUT2D eigenvalue weighted by Gasteiger charge is 2.11. The lowest BCUT2D eigenvalue weighted by Gasteiger charge is -2.06. The highest BCUT2D eigenvalue weighted by Crippen LogP contribution is 2.28. The number of rotatable bonds is 1. The molecule has 0 aliphatic carbocycles. The summed E-state index contributed by atoms with van der Waals surface area (Å²) in [5, 5.41) is 0.396. The Labute approximate surface area is 107 Å². The van der Waals surface area contributed by atoms with Gasteiger partial charge >= 0.3 is 0 Å². The van der Waals surface area contributed by atoms with Crippen LogP contribution in [0.1, 0.15) is 0 Å². The Morgan fingerprint density at radius 2 is 1.84 bits per heavy atom. The molecule has 0 amide bonds. The third kappa shape index (κ3) is 1.79. The third-order valence-corrected chi connectivity index (χ3v) is 2.81. The van der Waals surface area contributed by atoms with Gasteiger partial charge in [0, 0.05) is 18.5 Å². The molecule has 0 bridgehead atoms. The number of aromatic nitrogens is 2. The second kappa shape index (κ2) is 4.09. The fourth-order valence-electron chi connectivity index (χ4n) is 1.82. The minimum atomic E-state index is -0.188. The molecule has 6 heteroatoms. The van der Waals surface area contributed by atoms with Gasteiger partial charge in [-0.1, -0.05) is 0 Å². The lowest BCUT2D eigenvalue weighted by molar-refractivity contribution is 0.619. The van der Waals surface area contributed by atoms with Crippen LogP contribution in [-0.4, -0.2) is 9.97 Å². The largest absolute Gasteiger partial charge is 0.453 e. The fourth-order valence-corrected chi connectivity index (χ4v) is 1.82. The van der Waals surface area contributed by atoms with Crippen molar-refractivity contribution in [3.63, 3.8) is 0 Å². The number of hydrogen-bond acceptors (Lipinski definition) is 6. The monoisotopic (exact) mass is 254 g/mol. The van der Waals surface area contributed by atoms with Crippen molar-refractivity contribution < 1.29 is 4.42 Å². The summed E-state index contributed by atoms with van der Waals surface area (Å²) in [6.45, 7) is 0. The smallest absolute Gasteiger partial charge is 0.193 e. The van der Waals surface area contributed by atoms with Crippen LogP contribution in [0.15, 0.2) is 46.1 Å². The zero-order valence-corrected chi connectivity index (χ0v) is 9.83. The molecular formula is C13H10N4O2. The molecule has 0 radical (unpaired) electrons. The summed E-state index contributed by atoms with van der Waals surface area (Å²) < 4.78 is 5.66. The van der Waals surface area contributed by atoms with Crippen molar-refractivity contribution in [2.24, 2.45) is 0 Å². The molecule has 0 spiro atoms. The van der Waals surface area contributed by atoms with E-state index in [0.29, 0.717) is 22.4 Å². The normalized spacial score (nSPS) is 10.7. The van der Waals surface area contributed by atoms with E-state index >= 15 is 0 Å². The van der Waals surface area contributed by atoms with Crippen molar-refractivity contribution in [3.8, 4) is 11.3 Å². The summed E-state index contributed by atoms with van der Waals surface area (Å²) in [4.78, 5) is 19.8. The van der Waals surface area contributed by atoms with E-state index in [4.69, 9.17) is 15.9 Å². The molecule has 0 atom stereocenters. The van der Waals surface area contributed by atoms with Crippen LogP contribution in [0.4, 0.5) is 11.4 Å². The maximum atomic E-state index is 12.0. The lowest BCUT2D eigenvalue weighted by atomic mass is 10.1. The van der Waals surface area contributed by atoms with Gasteiger partial charge in [0.25, 0.3) is 0 Å². The maximum Gasteiger partial charge on any atom is 0.193 e. The Morgan fingerprint density at radius 1 is 1.11 bits per heavy atom. The first-order chi connectivity index (χ1) is 9.16. The highest BCUT2D eigenvalue weighted by atomic mass is 16.3. The molecule has 19 heavy (non-hydrogen) atoms. The molecule has 0 fully saturated rings. The topological polar surface area (TPSA) is 108 Å². The lowest BCUT2D eigenvalue weighted by Crippen LogP contribution is -2.04. The molecule has 3 aromatic rings. The van der Waals surface area contributed by atoms with Gasteiger partial charge in [0.05, 0.1) is 22.3 Å². The second-order valence-electron chi connectivity index (χ2n) is 4.05. The summed E-state index contributed by atoms with van der Waals surface area (Å²) in [7, 11) is 0. The molecular weight excluding hydrogens is 244 g/mol. The Morgan fingerprint density at radius 3 is 2.58 bits per heavy atom. The molecule has 0 unspecified atom stereocenters. The quantitative estimate of drug-likeness (QED) is 0.636. The molecule has 0 saturated heterocycles. The van der Waals surface area contributed by atoms with Gasteiger partial charge in [0.15, 0.2) is 11.0 Å². The van der Waals surface area contributed by atoms with Crippen LogP contribution in [0.25, 0.3) is 22.3 Å². The minimum Gasteiger partial charge on any atom is -0.453 e. The van der Waals surface area contributed by atoms with E-state index in [0.717, 1.165) is 0 Å². The van der Waals surface area contributed by atoms with Crippen LogP contribution in [-0.2, 0) is 0 Å². The summed E-state index contributed by atoms with van der Waals surface area (Å²) >= 11 is 0. The summed E-state index contributed by atoms with van der Waals surface area (Å²) in [6.07, 6.45) is 4.51. The molecule has 3 rings (SSSR count). The number of nitrogen functional groups attached to an aromatic ring is 2. The fraction of sp³-hybridized carbons (Fsp3) is 0. The Bertz CT molecular complexity index is 812. The molecule has 0 saturated carbocycles. The maximum absolute atomic E-state index is 12.0. The molecule has 6 nitrogen and oxygen atoms in total. The van der Waals surface area contributed by atoms with Gasteiger partial charge in [-0.05, 0) is 12.1 Å². The van der Waals surface area contributed by atoms with E-state index in [2.05, 4.69) is 9.97 Å². The predicted octanol–water partition coefficient (Wildman–Crippen LogP) is 1.41. The van der Waals surface area contributed by atoms with Gasteiger partial charge < -0.3 is 15.9 Å². The zero-order chi connectivity index (χ0) is 13.4. The van der Waals surface area contributed by atoms with E-state index in [1.54, 1.807) is 24.5 Å². The number of hydrogen-bond donors (Lipinski definition) is 2. The van der Waals surface area contributed by atoms with Gasteiger partial charge in [0.1, 0.15) is 12.1 Å². The Balaban J connectivity index is 2.36. The van der Waals surface area contributed by atoms with Crippen molar-refractivity contribution in [1.29, 1.82) is 0 Å². The average Bonchev–Trinajstić information content (AvgIpc) is 2.44. The van der Waals surface area contributed by atoms with E-state index in [-0.39, 0.29) is 16.7 Å². The van der Waals surface area contributed by atoms with Crippen molar-refractivity contribution >= 4 is 22.3 Å². The molecule has 2 heterocycles. The molecule has 94 valence electrons. The van der Waals surface area contributed by atoms with Crippen molar-refractivity contribution in [2.75, 3.05) is 11.5 Å². The number of anilines is 2. The van der Waals surface area contributed by atoms with Gasteiger partial charge in [-0.25, -0.2) is 9.97 Å². The van der Waals surface area contributed by atoms with Crippen LogP contribution in [0.3, 0.4) is 0 Å². The molecule has 1 aromatic carbocycles. The van der Waals surface area contributed by atoms with E-state index in [1.165, 1.54) is 12.4 Å². The average molecular weight is 254 g/mol. The number of fused-ring (bicyclic) bond motifs is 1. The predicted molar refractivity (Wildman–Crippen MR) is 72.3 cm³/mol. The zero-order valence-electron chi connectivity index (χ0n) is 9.83. The van der Waals surface area contributed by atoms with Crippen molar-refractivity contribution in [3.05, 3.63) is 47.1 Å². The third-order valence-electron chi connectivity index (χ3n) is 2.81. The van der Waals surface area contributed by atoms with E-state index in [1.807, 2.05) is 0 Å². The number of nitrogens with two attached hydrogens (primary N) is 2. The number of benzene rings is 1. The van der Waals surface area contributed by atoms with Crippen LogP contribution >= 0.6 is 0 Å². The van der Waals surface area contributed by atoms with Crippen molar-refractivity contribution in [1.82, 2.24) is 9.97 Å².